The maximum Gasteiger partial charge on any atom is 0.273 e. The first kappa shape index (κ1) is 31.0. The molecule has 0 aliphatic heterocycles. The van der Waals surface area contributed by atoms with E-state index in [9.17, 15) is 14.7 Å². The van der Waals surface area contributed by atoms with Crippen LogP contribution in [0.4, 0.5) is 15.3 Å². The number of thiazole rings is 1. The van der Waals surface area contributed by atoms with E-state index in [4.69, 9.17) is 0 Å². The Labute approximate surface area is 251 Å². The van der Waals surface area contributed by atoms with Crippen LogP contribution in [-0.4, -0.2) is 52.0 Å². The smallest absolute Gasteiger partial charge is 0.273 e. The second kappa shape index (κ2) is 14.8. The molecular formula is C29H32FN7O3S2. The summed E-state index contributed by atoms with van der Waals surface area (Å²) in [5.74, 6) is -0.990. The molecule has 5 N–H and O–H groups in total. The number of hydrogen-bond donors (Lipinski definition) is 5. The average Bonchev–Trinajstić information content (AvgIpc) is 3.44. The van der Waals surface area contributed by atoms with Crippen LogP contribution in [0.5, 0.6) is 0 Å². The minimum atomic E-state index is -1.28. The fourth-order valence-corrected chi connectivity index (χ4v) is 5.95. The lowest BCUT2D eigenvalue weighted by atomic mass is 9.89. The van der Waals surface area contributed by atoms with Crippen LogP contribution in [-0.2, 0) is 16.9 Å². The number of hydrogen-bond acceptors (Lipinski definition) is 10. The van der Waals surface area contributed by atoms with Gasteiger partial charge in [-0.05, 0) is 36.7 Å². The van der Waals surface area contributed by atoms with Crippen LogP contribution < -0.4 is 21.3 Å². The fourth-order valence-electron chi connectivity index (χ4n) is 4.08. The Bertz CT molecular complexity index is 1490. The molecule has 2 amide bonds. The number of likely N-dealkylation sites (N-methyl/N-ethyl adjacent to an activating group) is 1. The lowest BCUT2D eigenvalue weighted by molar-refractivity contribution is -0.120. The first-order valence-electron chi connectivity index (χ1n) is 13.3. The fraction of sp³-hybridized carbons (Fsp3) is 0.276. The molecule has 0 saturated carbocycles. The van der Waals surface area contributed by atoms with Crippen molar-refractivity contribution in [3.63, 3.8) is 0 Å². The quantitative estimate of drug-likeness (QED) is 0.142. The minimum Gasteiger partial charge on any atom is -0.383 e. The standard InChI is InChI=1S/C29H32FN7O3S2/c1-3-12-29(40,20-7-5-4-6-8-20)18-36-27(39)26-25(30)21(11-13-32-26)41-24-17-35-28(42-24)37-22-10-9-19(14-33-22)15-34-23(38)16-31-2/h4-11,13-14,17,31,40H,3,12,15-16,18H2,1-2H3,(H,34,38)(H,36,39)(H,33,35,37). The monoisotopic (exact) mass is 609 g/mol. The Morgan fingerprint density at radius 1 is 1.05 bits per heavy atom. The van der Waals surface area contributed by atoms with Crippen molar-refractivity contribution in [3.8, 4) is 0 Å². The molecule has 4 aromatic rings. The summed E-state index contributed by atoms with van der Waals surface area (Å²) in [5, 5.41) is 23.1. The Morgan fingerprint density at radius 2 is 1.86 bits per heavy atom. The third-order valence-corrected chi connectivity index (χ3v) is 8.22. The summed E-state index contributed by atoms with van der Waals surface area (Å²) in [6.07, 6.45) is 5.77. The molecular weight excluding hydrogens is 577 g/mol. The summed E-state index contributed by atoms with van der Waals surface area (Å²) in [6.45, 7) is 2.48. The largest absolute Gasteiger partial charge is 0.383 e. The van der Waals surface area contributed by atoms with Crippen LogP contribution >= 0.6 is 23.1 Å². The summed E-state index contributed by atoms with van der Waals surface area (Å²) in [5.41, 5.74) is -0.0955. The second-order valence-electron chi connectivity index (χ2n) is 9.37. The first-order valence-corrected chi connectivity index (χ1v) is 14.9. The number of nitrogens with one attached hydrogen (secondary N) is 4. The zero-order valence-electron chi connectivity index (χ0n) is 23.2. The van der Waals surface area contributed by atoms with E-state index < -0.39 is 17.3 Å². The van der Waals surface area contributed by atoms with Crippen LogP contribution in [0, 0.1) is 5.82 Å². The van der Waals surface area contributed by atoms with E-state index in [0.29, 0.717) is 40.1 Å². The van der Waals surface area contributed by atoms with Gasteiger partial charge in [-0.3, -0.25) is 9.59 Å². The SMILES string of the molecule is CCCC(O)(CNC(=O)c1nccc(Sc2cnc(Nc3ccc(CNC(=O)CNC)cn3)s2)c1F)c1ccccc1. The minimum absolute atomic E-state index is 0.0773. The van der Waals surface area contributed by atoms with Crippen molar-refractivity contribution in [2.45, 2.75) is 41.0 Å². The van der Waals surface area contributed by atoms with Gasteiger partial charge in [0.25, 0.3) is 5.91 Å². The molecule has 10 nitrogen and oxygen atoms in total. The Hall–Kier alpha value is -3.91. The number of carbonyl (C=O) groups excluding carboxylic acids is 2. The van der Waals surface area contributed by atoms with Crippen LogP contribution in [0.2, 0.25) is 0 Å². The number of aromatic nitrogens is 3. The molecule has 3 aromatic heterocycles. The van der Waals surface area contributed by atoms with Crippen LogP contribution in [0.25, 0.3) is 0 Å². The van der Waals surface area contributed by atoms with Crippen molar-refractivity contribution in [1.29, 1.82) is 0 Å². The highest BCUT2D eigenvalue weighted by Gasteiger charge is 2.30. The van der Waals surface area contributed by atoms with Gasteiger partial charge in [0.2, 0.25) is 5.91 Å². The zero-order valence-corrected chi connectivity index (χ0v) is 24.8. The summed E-state index contributed by atoms with van der Waals surface area (Å²) in [6, 6.07) is 14.2. The molecule has 220 valence electrons. The maximum atomic E-state index is 15.4. The number of anilines is 2. The summed E-state index contributed by atoms with van der Waals surface area (Å²) in [7, 11) is 1.71. The van der Waals surface area contributed by atoms with E-state index in [1.165, 1.54) is 23.6 Å². The van der Waals surface area contributed by atoms with E-state index in [1.807, 2.05) is 31.2 Å². The van der Waals surface area contributed by atoms with Crippen molar-refractivity contribution in [1.82, 2.24) is 30.9 Å². The van der Waals surface area contributed by atoms with Gasteiger partial charge in [-0.25, -0.2) is 19.3 Å². The predicted molar refractivity (Wildman–Crippen MR) is 161 cm³/mol. The zero-order chi connectivity index (χ0) is 30.0. The number of halogens is 1. The van der Waals surface area contributed by atoms with Gasteiger partial charge in [0, 0.05) is 18.9 Å². The number of aliphatic hydroxyl groups is 1. The van der Waals surface area contributed by atoms with E-state index >= 15 is 4.39 Å². The molecule has 1 atom stereocenters. The third kappa shape index (κ3) is 8.32. The summed E-state index contributed by atoms with van der Waals surface area (Å²) < 4.78 is 16.1. The topological polar surface area (TPSA) is 141 Å². The molecule has 0 spiro atoms. The van der Waals surface area contributed by atoms with Gasteiger partial charge < -0.3 is 26.4 Å². The van der Waals surface area contributed by atoms with E-state index in [-0.39, 0.29) is 29.6 Å². The highest BCUT2D eigenvalue weighted by atomic mass is 32.2. The number of benzene rings is 1. The normalized spacial score (nSPS) is 12.4. The molecule has 1 unspecified atom stereocenters. The number of rotatable bonds is 14. The number of nitrogens with zero attached hydrogens (tertiary/aromatic N) is 3. The highest BCUT2D eigenvalue weighted by Crippen LogP contribution is 2.36. The highest BCUT2D eigenvalue weighted by molar-refractivity contribution is 8.01. The van der Waals surface area contributed by atoms with Crippen LogP contribution in [0.3, 0.4) is 0 Å². The number of carbonyl (C=O) groups is 2. The van der Waals surface area contributed by atoms with Gasteiger partial charge in [0.1, 0.15) is 11.4 Å². The second-order valence-corrected chi connectivity index (χ2v) is 11.7. The Kier molecular flexibility index (Phi) is 11.0. The molecule has 0 aliphatic carbocycles. The average molecular weight is 610 g/mol. The van der Waals surface area contributed by atoms with Crippen molar-refractivity contribution in [2.75, 3.05) is 25.5 Å². The van der Waals surface area contributed by atoms with Crippen molar-refractivity contribution < 1.29 is 19.1 Å². The van der Waals surface area contributed by atoms with Gasteiger partial charge >= 0.3 is 0 Å². The molecule has 0 saturated heterocycles. The van der Waals surface area contributed by atoms with Gasteiger partial charge in [-0.1, -0.05) is 72.8 Å². The van der Waals surface area contributed by atoms with Crippen molar-refractivity contribution >= 4 is 45.9 Å². The summed E-state index contributed by atoms with van der Waals surface area (Å²) in [4.78, 5) is 37.4. The van der Waals surface area contributed by atoms with Crippen LogP contribution in [0.1, 0.15) is 41.4 Å². The Morgan fingerprint density at radius 3 is 2.57 bits per heavy atom. The maximum absolute atomic E-state index is 15.4. The van der Waals surface area contributed by atoms with Gasteiger partial charge in [0.05, 0.1) is 28.4 Å². The first-order chi connectivity index (χ1) is 20.3. The lowest BCUT2D eigenvalue weighted by Crippen LogP contribution is -2.41. The van der Waals surface area contributed by atoms with Crippen molar-refractivity contribution in [2.24, 2.45) is 0 Å². The predicted octanol–water partition coefficient (Wildman–Crippen LogP) is 4.22. The third-order valence-electron chi connectivity index (χ3n) is 6.17. The van der Waals surface area contributed by atoms with E-state index in [2.05, 4.69) is 36.2 Å². The molecule has 3 heterocycles. The summed E-state index contributed by atoms with van der Waals surface area (Å²) >= 11 is 2.43. The molecule has 42 heavy (non-hydrogen) atoms. The van der Waals surface area contributed by atoms with Gasteiger partial charge in [-0.2, -0.15) is 0 Å². The molecule has 0 radical (unpaired) electrons. The molecule has 1 aromatic carbocycles. The molecule has 0 bridgehead atoms. The van der Waals surface area contributed by atoms with Gasteiger partial charge in [0.15, 0.2) is 16.6 Å². The molecule has 4 rings (SSSR count). The molecule has 13 heteroatoms. The number of pyridine rings is 2. The van der Waals surface area contributed by atoms with Gasteiger partial charge in [-0.15, -0.1) is 0 Å². The Balaban J connectivity index is 1.36. The van der Waals surface area contributed by atoms with E-state index in [1.54, 1.807) is 37.6 Å². The lowest BCUT2D eigenvalue weighted by Gasteiger charge is -2.28. The van der Waals surface area contributed by atoms with Crippen LogP contribution in [0.15, 0.2) is 76.2 Å². The van der Waals surface area contributed by atoms with E-state index in [0.717, 1.165) is 17.3 Å². The molecule has 0 fully saturated rings. The van der Waals surface area contributed by atoms with Crippen molar-refractivity contribution in [3.05, 3.63) is 89.8 Å². The molecule has 0 aliphatic rings. The number of amides is 2.